The smallest absolute Gasteiger partial charge is 0.172 e. The molecule has 3 rings (SSSR count). The predicted molar refractivity (Wildman–Crippen MR) is 77.4 cm³/mol. The van der Waals surface area contributed by atoms with Crippen molar-refractivity contribution in [1.82, 2.24) is 9.97 Å². The first-order chi connectivity index (χ1) is 9.17. The molecule has 3 aromatic rings. The third-order valence-electron chi connectivity index (χ3n) is 2.69. The summed E-state index contributed by atoms with van der Waals surface area (Å²) in [6.45, 7) is 0. The Morgan fingerprint density at radius 3 is 2.74 bits per heavy atom. The van der Waals surface area contributed by atoms with Crippen molar-refractivity contribution in [3.63, 3.8) is 0 Å². The van der Waals surface area contributed by atoms with Gasteiger partial charge in [-0.15, -0.1) is 11.3 Å². The molecule has 2 heterocycles. The van der Waals surface area contributed by atoms with Crippen molar-refractivity contribution in [2.24, 2.45) is 0 Å². The predicted octanol–water partition coefficient (Wildman–Crippen LogP) is 4.19. The Labute approximate surface area is 118 Å². The van der Waals surface area contributed by atoms with Gasteiger partial charge in [0.1, 0.15) is 11.6 Å². The second-order valence-electron chi connectivity index (χ2n) is 3.91. The minimum Gasteiger partial charge on any atom is -0.373 e. The van der Waals surface area contributed by atoms with Crippen LogP contribution in [0.15, 0.2) is 30.3 Å². The fourth-order valence-electron chi connectivity index (χ4n) is 1.84. The van der Waals surface area contributed by atoms with E-state index in [0.717, 1.165) is 4.88 Å². The molecule has 0 unspecified atom stereocenters. The van der Waals surface area contributed by atoms with Crippen molar-refractivity contribution in [2.45, 2.75) is 0 Å². The molecule has 0 bridgehead atoms. The Morgan fingerprint density at radius 1 is 1.21 bits per heavy atom. The third kappa shape index (κ3) is 2.27. The molecule has 0 radical (unpaired) electrons. The minimum absolute atomic E-state index is 0.306. The number of thiophene rings is 1. The second-order valence-corrected chi connectivity index (χ2v) is 5.63. The summed E-state index contributed by atoms with van der Waals surface area (Å²) >= 11 is 7.33. The van der Waals surface area contributed by atoms with Crippen LogP contribution in [-0.2, 0) is 0 Å². The lowest BCUT2D eigenvalue weighted by molar-refractivity contribution is 0.629. The summed E-state index contributed by atoms with van der Waals surface area (Å²) in [7, 11) is 1.75. The van der Waals surface area contributed by atoms with Gasteiger partial charge in [0, 0.05) is 12.4 Å². The van der Waals surface area contributed by atoms with E-state index in [9.17, 15) is 4.39 Å². The van der Waals surface area contributed by atoms with E-state index in [-0.39, 0.29) is 5.82 Å². The zero-order chi connectivity index (χ0) is 13.4. The zero-order valence-corrected chi connectivity index (χ0v) is 11.5. The van der Waals surface area contributed by atoms with Crippen LogP contribution in [0.25, 0.3) is 21.6 Å². The monoisotopic (exact) mass is 293 g/mol. The van der Waals surface area contributed by atoms with E-state index in [2.05, 4.69) is 15.3 Å². The average Bonchev–Trinajstić information content (AvgIpc) is 2.84. The Bertz CT molecular complexity index is 757. The van der Waals surface area contributed by atoms with Gasteiger partial charge >= 0.3 is 0 Å². The first-order valence-corrected chi connectivity index (χ1v) is 6.77. The summed E-state index contributed by atoms with van der Waals surface area (Å²) in [5.74, 6) is 0.879. The number of anilines is 1. The lowest BCUT2D eigenvalue weighted by atomic mass is 10.2. The molecular formula is C13H9ClFN3S. The van der Waals surface area contributed by atoms with E-state index in [1.165, 1.54) is 23.5 Å². The molecule has 0 fully saturated rings. The molecule has 1 aromatic carbocycles. The summed E-state index contributed by atoms with van der Waals surface area (Å²) in [6.07, 6.45) is 0. The van der Waals surface area contributed by atoms with E-state index >= 15 is 0 Å². The van der Waals surface area contributed by atoms with E-state index in [4.69, 9.17) is 11.6 Å². The topological polar surface area (TPSA) is 37.8 Å². The molecule has 1 N–H and O–H groups in total. The quantitative estimate of drug-likeness (QED) is 0.770. The molecule has 2 aromatic heterocycles. The van der Waals surface area contributed by atoms with Gasteiger partial charge in [0.05, 0.1) is 14.7 Å². The van der Waals surface area contributed by atoms with E-state index in [1.807, 2.05) is 6.07 Å². The highest BCUT2D eigenvalue weighted by molar-refractivity contribution is 7.19. The number of rotatable bonds is 2. The fourth-order valence-corrected chi connectivity index (χ4v) is 2.81. The number of nitrogens with one attached hydrogen (secondary N) is 1. The highest BCUT2D eigenvalue weighted by atomic mass is 35.5. The normalized spacial score (nSPS) is 10.9. The van der Waals surface area contributed by atoms with Gasteiger partial charge in [-0.1, -0.05) is 11.6 Å². The van der Waals surface area contributed by atoms with Crippen LogP contribution in [0.4, 0.5) is 10.2 Å². The molecule has 0 aliphatic heterocycles. The summed E-state index contributed by atoms with van der Waals surface area (Å²) in [6, 6.07) is 8.13. The first kappa shape index (κ1) is 12.3. The molecule has 0 saturated carbocycles. The molecule has 3 nitrogen and oxygen atoms in total. The molecule has 0 spiro atoms. The van der Waals surface area contributed by atoms with Crippen LogP contribution < -0.4 is 5.32 Å². The van der Waals surface area contributed by atoms with Crippen LogP contribution in [0.2, 0.25) is 4.34 Å². The SMILES string of the molecule is CNc1nc(-c2ccc(Cl)s2)nc2ccc(F)cc12. The molecule has 0 amide bonds. The van der Waals surface area contributed by atoms with Crippen molar-refractivity contribution in [1.29, 1.82) is 0 Å². The number of hydrogen-bond acceptors (Lipinski definition) is 4. The van der Waals surface area contributed by atoms with Gasteiger partial charge in [-0.2, -0.15) is 0 Å². The van der Waals surface area contributed by atoms with Crippen molar-refractivity contribution >= 4 is 39.7 Å². The van der Waals surface area contributed by atoms with Gasteiger partial charge in [-0.3, -0.25) is 0 Å². The highest BCUT2D eigenvalue weighted by Gasteiger charge is 2.11. The number of nitrogens with zero attached hydrogens (tertiary/aromatic N) is 2. The average molecular weight is 294 g/mol. The number of aromatic nitrogens is 2. The second kappa shape index (κ2) is 4.75. The van der Waals surface area contributed by atoms with Crippen LogP contribution in [0.5, 0.6) is 0 Å². The van der Waals surface area contributed by atoms with Crippen LogP contribution in [0.3, 0.4) is 0 Å². The number of benzene rings is 1. The van der Waals surface area contributed by atoms with Gasteiger partial charge in [0.25, 0.3) is 0 Å². The Morgan fingerprint density at radius 2 is 2.05 bits per heavy atom. The number of halogens is 2. The van der Waals surface area contributed by atoms with Crippen LogP contribution in [0, 0.1) is 5.82 Å². The zero-order valence-electron chi connectivity index (χ0n) is 9.95. The molecule has 0 atom stereocenters. The summed E-state index contributed by atoms with van der Waals surface area (Å²) in [4.78, 5) is 9.73. The van der Waals surface area contributed by atoms with Crippen molar-refractivity contribution < 1.29 is 4.39 Å². The first-order valence-electron chi connectivity index (χ1n) is 5.58. The van der Waals surface area contributed by atoms with E-state index in [1.54, 1.807) is 19.2 Å². The number of hydrogen-bond donors (Lipinski definition) is 1. The summed E-state index contributed by atoms with van der Waals surface area (Å²) in [5, 5.41) is 3.63. The minimum atomic E-state index is -0.306. The molecule has 6 heteroatoms. The van der Waals surface area contributed by atoms with Gasteiger partial charge in [-0.25, -0.2) is 14.4 Å². The Kier molecular flexibility index (Phi) is 3.08. The van der Waals surface area contributed by atoms with Crippen molar-refractivity contribution in [2.75, 3.05) is 12.4 Å². The maximum absolute atomic E-state index is 13.3. The van der Waals surface area contributed by atoms with Gasteiger partial charge < -0.3 is 5.32 Å². The Balaban J connectivity index is 2.25. The molecule has 0 aliphatic rings. The molecule has 0 saturated heterocycles. The Hall–Kier alpha value is -1.72. The lowest BCUT2D eigenvalue weighted by Gasteiger charge is -2.07. The van der Waals surface area contributed by atoms with E-state index in [0.29, 0.717) is 26.9 Å². The van der Waals surface area contributed by atoms with Gasteiger partial charge in [0.2, 0.25) is 0 Å². The van der Waals surface area contributed by atoms with Crippen LogP contribution >= 0.6 is 22.9 Å². The molecule has 19 heavy (non-hydrogen) atoms. The highest BCUT2D eigenvalue weighted by Crippen LogP contribution is 2.31. The molecule has 0 aliphatic carbocycles. The van der Waals surface area contributed by atoms with Crippen molar-refractivity contribution in [3.05, 3.63) is 40.5 Å². The van der Waals surface area contributed by atoms with Gasteiger partial charge in [0.15, 0.2) is 5.82 Å². The third-order valence-corrected chi connectivity index (χ3v) is 3.92. The van der Waals surface area contributed by atoms with E-state index < -0.39 is 0 Å². The van der Waals surface area contributed by atoms with Crippen LogP contribution in [-0.4, -0.2) is 17.0 Å². The fraction of sp³-hybridized carbons (Fsp3) is 0.0769. The number of fused-ring (bicyclic) bond motifs is 1. The lowest BCUT2D eigenvalue weighted by Crippen LogP contribution is -1.98. The maximum atomic E-state index is 13.3. The summed E-state index contributed by atoms with van der Waals surface area (Å²) in [5.41, 5.74) is 0.695. The molecule has 96 valence electrons. The standard InChI is InChI=1S/C13H9ClFN3S/c1-16-12-8-6-7(15)2-3-9(8)17-13(18-12)10-4-5-11(14)19-10/h2-6H,1H3,(H,16,17,18). The summed E-state index contributed by atoms with van der Waals surface area (Å²) < 4.78 is 14.0. The largest absolute Gasteiger partial charge is 0.373 e. The maximum Gasteiger partial charge on any atom is 0.172 e. The van der Waals surface area contributed by atoms with Gasteiger partial charge in [-0.05, 0) is 30.3 Å². The van der Waals surface area contributed by atoms with Crippen molar-refractivity contribution in [3.8, 4) is 10.7 Å². The molecular weight excluding hydrogens is 285 g/mol. The van der Waals surface area contributed by atoms with Crippen LogP contribution in [0.1, 0.15) is 0 Å².